The van der Waals surface area contributed by atoms with E-state index in [1.807, 2.05) is 0 Å². The van der Waals surface area contributed by atoms with Gasteiger partial charge in [0.05, 0.1) is 12.1 Å². The van der Waals surface area contributed by atoms with Gasteiger partial charge in [-0.2, -0.15) is 0 Å². The van der Waals surface area contributed by atoms with Crippen LogP contribution in [0.1, 0.15) is 12.1 Å². The highest BCUT2D eigenvalue weighted by atomic mass is 16.5. The third-order valence-corrected chi connectivity index (χ3v) is 1.54. The third-order valence-electron chi connectivity index (χ3n) is 1.54. The largest absolute Gasteiger partial charge is 0.364 e. The van der Waals surface area contributed by atoms with Crippen molar-refractivity contribution in [3.63, 3.8) is 0 Å². The lowest BCUT2D eigenvalue weighted by atomic mass is 10.3. The number of hydrogen-bond donors (Lipinski definition) is 2. The fraction of sp³-hybridized carbons (Fsp3) is 0.500. The van der Waals surface area contributed by atoms with Gasteiger partial charge >= 0.3 is 0 Å². The first-order valence-electron chi connectivity index (χ1n) is 4.19. The summed E-state index contributed by atoms with van der Waals surface area (Å²) in [5, 5.41) is 6.35. The predicted molar refractivity (Wildman–Crippen MR) is 46.9 cm³/mol. The number of nitrogens with one attached hydrogen (secondary N) is 1. The molecule has 1 aromatic heterocycles. The van der Waals surface area contributed by atoms with Gasteiger partial charge in [0.2, 0.25) is 5.91 Å². The summed E-state index contributed by atoms with van der Waals surface area (Å²) in [6.07, 6.45) is 2.51. The van der Waals surface area contributed by atoms with E-state index >= 15 is 0 Å². The third kappa shape index (κ3) is 3.71. The SMILES string of the molecule is NCCCNC(=O)Cc1ccon1. The summed E-state index contributed by atoms with van der Waals surface area (Å²) in [7, 11) is 0. The number of amides is 1. The van der Waals surface area contributed by atoms with Gasteiger partial charge in [0.1, 0.15) is 6.26 Å². The summed E-state index contributed by atoms with van der Waals surface area (Å²) >= 11 is 0. The van der Waals surface area contributed by atoms with Crippen molar-refractivity contribution in [1.29, 1.82) is 0 Å². The van der Waals surface area contributed by atoms with E-state index in [0.717, 1.165) is 6.42 Å². The minimum Gasteiger partial charge on any atom is -0.364 e. The average molecular weight is 183 g/mol. The van der Waals surface area contributed by atoms with Crippen molar-refractivity contribution in [2.24, 2.45) is 5.73 Å². The molecule has 0 aliphatic rings. The Balaban J connectivity index is 2.18. The molecule has 13 heavy (non-hydrogen) atoms. The summed E-state index contributed by atoms with van der Waals surface area (Å²) in [5.41, 5.74) is 5.92. The zero-order chi connectivity index (χ0) is 9.52. The molecule has 3 N–H and O–H groups in total. The number of carbonyl (C=O) groups excluding carboxylic acids is 1. The summed E-state index contributed by atoms with van der Waals surface area (Å²) < 4.78 is 4.59. The monoisotopic (exact) mass is 183 g/mol. The molecule has 1 rings (SSSR count). The fourth-order valence-corrected chi connectivity index (χ4v) is 0.886. The van der Waals surface area contributed by atoms with Crippen molar-refractivity contribution in [3.8, 4) is 0 Å². The average Bonchev–Trinajstić information content (AvgIpc) is 2.57. The van der Waals surface area contributed by atoms with E-state index in [9.17, 15) is 4.79 Å². The van der Waals surface area contributed by atoms with E-state index in [4.69, 9.17) is 5.73 Å². The normalized spacial score (nSPS) is 9.92. The molecular weight excluding hydrogens is 170 g/mol. The van der Waals surface area contributed by atoms with E-state index in [0.29, 0.717) is 18.8 Å². The molecule has 0 saturated carbocycles. The van der Waals surface area contributed by atoms with Gasteiger partial charge < -0.3 is 15.6 Å². The summed E-state index contributed by atoms with van der Waals surface area (Å²) in [6, 6.07) is 1.67. The molecule has 0 bridgehead atoms. The molecule has 1 aromatic rings. The smallest absolute Gasteiger partial charge is 0.226 e. The molecule has 0 spiro atoms. The highest BCUT2D eigenvalue weighted by Gasteiger charge is 2.04. The second-order valence-corrected chi connectivity index (χ2v) is 2.66. The van der Waals surface area contributed by atoms with Crippen LogP contribution >= 0.6 is 0 Å². The van der Waals surface area contributed by atoms with Gasteiger partial charge in [-0.3, -0.25) is 4.79 Å². The lowest BCUT2D eigenvalue weighted by molar-refractivity contribution is -0.120. The standard InChI is InChI=1S/C8H13N3O2/c9-3-1-4-10-8(12)6-7-2-5-13-11-7/h2,5H,1,3-4,6,9H2,(H,10,12). The van der Waals surface area contributed by atoms with Crippen molar-refractivity contribution >= 4 is 5.91 Å². The molecule has 0 atom stereocenters. The zero-order valence-electron chi connectivity index (χ0n) is 7.32. The molecule has 1 amide bonds. The van der Waals surface area contributed by atoms with Crippen molar-refractivity contribution in [2.45, 2.75) is 12.8 Å². The maximum absolute atomic E-state index is 11.2. The van der Waals surface area contributed by atoms with E-state index in [1.165, 1.54) is 6.26 Å². The Morgan fingerprint density at radius 3 is 3.15 bits per heavy atom. The van der Waals surface area contributed by atoms with Crippen LogP contribution in [0.25, 0.3) is 0 Å². The molecule has 0 unspecified atom stereocenters. The Morgan fingerprint density at radius 2 is 2.54 bits per heavy atom. The summed E-state index contributed by atoms with van der Waals surface area (Å²) in [5.74, 6) is -0.0534. The first kappa shape index (κ1) is 9.73. The molecular formula is C8H13N3O2. The van der Waals surface area contributed by atoms with Gasteiger partial charge in [0.15, 0.2) is 0 Å². The number of carbonyl (C=O) groups is 1. The Morgan fingerprint density at radius 1 is 1.69 bits per heavy atom. The van der Waals surface area contributed by atoms with Crippen LogP contribution in [0.15, 0.2) is 16.9 Å². The van der Waals surface area contributed by atoms with Gasteiger partial charge in [-0.25, -0.2) is 0 Å². The van der Waals surface area contributed by atoms with Crippen LogP contribution < -0.4 is 11.1 Å². The van der Waals surface area contributed by atoms with E-state index < -0.39 is 0 Å². The van der Waals surface area contributed by atoms with Gasteiger partial charge in [-0.05, 0) is 13.0 Å². The van der Waals surface area contributed by atoms with Crippen LogP contribution in [-0.2, 0) is 11.2 Å². The number of hydrogen-bond acceptors (Lipinski definition) is 4. The van der Waals surface area contributed by atoms with Gasteiger partial charge in [0.25, 0.3) is 0 Å². The molecule has 1 heterocycles. The van der Waals surface area contributed by atoms with E-state index in [-0.39, 0.29) is 12.3 Å². The van der Waals surface area contributed by atoms with Crippen LogP contribution in [0, 0.1) is 0 Å². The van der Waals surface area contributed by atoms with Crippen LogP contribution in [0.4, 0.5) is 0 Å². The van der Waals surface area contributed by atoms with Crippen LogP contribution in [0.3, 0.4) is 0 Å². The Bertz CT molecular complexity index is 246. The number of aromatic nitrogens is 1. The Kier molecular flexibility index (Phi) is 3.98. The van der Waals surface area contributed by atoms with Crippen LogP contribution in [0.5, 0.6) is 0 Å². The number of rotatable bonds is 5. The quantitative estimate of drug-likeness (QED) is 0.613. The molecule has 72 valence electrons. The minimum atomic E-state index is -0.0534. The van der Waals surface area contributed by atoms with Gasteiger partial charge in [-0.15, -0.1) is 0 Å². The maximum Gasteiger partial charge on any atom is 0.226 e. The van der Waals surface area contributed by atoms with E-state index in [2.05, 4.69) is 15.0 Å². The maximum atomic E-state index is 11.2. The van der Waals surface area contributed by atoms with Gasteiger partial charge in [-0.1, -0.05) is 5.16 Å². The van der Waals surface area contributed by atoms with Crippen molar-refractivity contribution in [2.75, 3.05) is 13.1 Å². The van der Waals surface area contributed by atoms with Crippen LogP contribution in [-0.4, -0.2) is 24.2 Å². The zero-order valence-corrected chi connectivity index (χ0v) is 7.32. The molecule has 0 aliphatic heterocycles. The second-order valence-electron chi connectivity index (χ2n) is 2.66. The second kappa shape index (κ2) is 5.31. The molecule has 0 fully saturated rings. The molecule has 0 aliphatic carbocycles. The summed E-state index contributed by atoms with van der Waals surface area (Å²) in [6.45, 7) is 1.21. The molecule has 0 saturated heterocycles. The predicted octanol–water partition coefficient (Wildman–Crippen LogP) is -0.318. The molecule has 5 heteroatoms. The minimum absolute atomic E-state index is 0.0534. The number of nitrogens with zero attached hydrogens (tertiary/aromatic N) is 1. The first-order valence-corrected chi connectivity index (χ1v) is 4.19. The highest BCUT2D eigenvalue weighted by Crippen LogP contribution is 1.94. The molecule has 0 radical (unpaired) electrons. The first-order chi connectivity index (χ1) is 6.33. The van der Waals surface area contributed by atoms with Crippen LogP contribution in [0.2, 0.25) is 0 Å². The highest BCUT2D eigenvalue weighted by molar-refractivity contribution is 5.77. The fourth-order valence-electron chi connectivity index (χ4n) is 0.886. The van der Waals surface area contributed by atoms with E-state index in [1.54, 1.807) is 6.07 Å². The summed E-state index contributed by atoms with van der Waals surface area (Å²) in [4.78, 5) is 11.2. The number of nitrogens with two attached hydrogens (primary N) is 1. The Hall–Kier alpha value is -1.36. The molecule has 5 nitrogen and oxygen atoms in total. The van der Waals surface area contributed by atoms with Crippen molar-refractivity contribution < 1.29 is 9.32 Å². The van der Waals surface area contributed by atoms with Crippen molar-refractivity contribution in [1.82, 2.24) is 10.5 Å². The lowest BCUT2D eigenvalue weighted by Crippen LogP contribution is -2.27. The Labute approximate surface area is 76.3 Å². The van der Waals surface area contributed by atoms with Crippen molar-refractivity contribution in [3.05, 3.63) is 18.0 Å². The molecule has 0 aromatic carbocycles. The lowest BCUT2D eigenvalue weighted by Gasteiger charge is -2.01. The topological polar surface area (TPSA) is 81.1 Å². The van der Waals surface area contributed by atoms with Gasteiger partial charge in [0, 0.05) is 12.6 Å².